The molecule has 0 fully saturated rings. The molecule has 0 spiro atoms. The Morgan fingerprint density at radius 1 is 1.24 bits per heavy atom. The molecule has 0 aliphatic heterocycles. The van der Waals surface area contributed by atoms with Crippen molar-refractivity contribution in [3.63, 3.8) is 0 Å². The normalized spacial score (nSPS) is 11.9. The highest BCUT2D eigenvalue weighted by atomic mass is 35.5. The van der Waals surface area contributed by atoms with Gasteiger partial charge in [0, 0.05) is 40.5 Å². The van der Waals surface area contributed by atoms with E-state index in [0.29, 0.717) is 11.4 Å². The van der Waals surface area contributed by atoms with E-state index < -0.39 is 5.97 Å². The monoisotopic (exact) mass is 359 g/mol. The first-order chi connectivity index (χ1) is 11.7. The minimum atomic E-state index is -0.466. The standard InChI is InChI=1S/C20H22ClNO3/c1-20(2,3)18-15(11-13-7-9-17(25-13)19(23)24-5)14-8-6-12(21)10-16(14)22(18)4/h6-10H,11H2,1-5H3. The summed E-state index contributed by atoms with van der Waals surface area (Å²) in [6, 6.07) is 9.42. The lowest BCUT2D eigenvalue weighted by molar-refractivity contribution is 0.0563. The van der Waals surface area contributed by atoms with Gasteiger partial charge in [-0.05, 0) is 29.8 Å². The SMILES string of the molecule is COC(=O)c1ccc(Cc2c(C(C)(C)C)n(C)c3cc(Cl)ccc23)o1. The molecule has 0 N–H and O–H groups in total. The minimum Gasteiger partial charge on any atom is -0.463 e. The van der Waals surface area contributed by atoms with Gasteiger partial charge < -0.3 is 13.7 Å². The van der Waals surface area contributed by atoms with Gasteiger partial charge in [-0.15, -0.1) is 0 Å². The highest BCUT2D eigenvalue weighted by Crippen LogP contribution is 2.36. The van der Waals surface area contributed by atoms with Crippen LogP contribution in [0.4, 0.5) is 0 Å². The number of methoxy groups -OCH3 is 1. The molecule has 0 amide bonds. The van der Waals surface area contributed by atoms with Gasteiger partial charge in [0.05, 0.1) is 7.11 Å². The van der Waals surface area contributed by atoms with E-state index in [1.807, 2.05) is 24.3 Å². The molecule has 4 nitrogen and oxygen atoms in total. The summed E-state index contributed by atoms with van der Waals surface area (Å²) in [7, 11) is 3.40. The van der Waals surface area contributed by atoms with E-state index in [2.05, 4.69) is 32.4 Å². The fourth-order valence-electron chi connectivity index (χ4n) is 3.48. The summed E-state index contributed by atoms with van der Waals surface area (Å²) in [6.45, 7) is 6.57. The van der Waals surface area contributed by atoms with Crippen LogP contribution < -0.4 is 0 Å². The van der Waals surface area contributed by atoms with Gasteiger partial charge in [-0.2, -0.15) is 0 Å². The van der Waals surface area contributed by atoms with Crippen LogP contribution in [0.3, 0.4) is 0 Å². The van der Waals surface area contributed by atoms with Crippen LogP contribution in [0.25, 0.3) is 10.9 Å². The van der Waals surface area contributed by atoms with Gasteiger partial charge in [-0.1, -0.05) is 38.4 Å². The van der Waals surface area contributed by atoms with Crippen molar-refractivity contribution in [3.8, 4) is 0 Å². The summed E-state index contributed by atoms with van der Waals surface area (Å²) in [6.07, 6.45) is 0.600. The summed E-state index contributed by atoms with van der Waals surface area (Å²) >= 11 is 6.20. The van der Waals surface area contributed by atoms with Crippen molar-refractivity contribution in [1.29, 1.82) is 0 Å². The number of benzene rings is 1. The molecule has 3 aromatic rings. The zero-order valence-electron chi connectivity index (χ0n) is 15.1. The maximum atomic E-state index is 11.6. The van der Waals surface area contributed by atoms with Crippen molar-refractivity contribution in [3.05, 3.63) is 58.1 Å². The van der Waals surface area contributed by atoms with Crippen molar-refractivity contribution in [1.82, 2.24) is 4.57 Å². The van der Waals surface area contributed by atoms with Crippen LogP contribution >= 0.6 is 11.6 Å². The fourth-order valence-corrected chi connectivity index (χ4v) is 3.65. The quantitative estimate of drug-likeness (QED) is 0.611. The number of halogens is 1. The van der Waals surface area contributed by atoms with Gasteiger partial charge >= 0.3 is 5.97 Å². The Balaban J connectivity index is 2.14. The van der Waals surface area contributed by atoms with Crippen molar-refractivity contribution in [2.24, 2.45) is 7.05 Å². The summed E-state index contributed by atoms with van der Waals surface area (Å²) < 4.78 is 12.6. The number of hydrogen-bond acceptors (Lipinski definition) is 3. The van der Waals surface area contributed by atoms with Gasteiger partial charge in [-0.25, -0.2) is 4.79 Å². The molecule has 2 aromatic heterocycles. The lowest BCUT2D eigenvalue weighted by atomic mass is 9.87. The van der Waals surface area contributed by atoms with E-state index in [-0.39, 0.29) is 11.2 Å². The molecule has 5 heteroatoms. The van der Waals surface area contributed by atoms with Crippen LogP contribution in [-0.4, -0.2) is 17.6 Å². The van der Waals surface area contributed by atoms with Crippen molar-refractivity contribution < 1.29 is 13.9 Å². The molecular weight excluding hydrogens is 338 g/mol. The lowest BCUT2D eigenvalue weighted by Crippen LogP contribution is -2.18. The van der Waals surface area contributed by atoms with Gasteiger partial charge in [-0.3, -0.25) is 0 Å². The number of ether oxygens (including phenoxy) is 1. The predicted octanol–water partition coefficient (Wildman–Crippen LogP) is 5.10. The number of aromatic nitrogens is 1. The Hall–Kier alpha value is -2.20. The topological polar surface area (TPSA) is 44.4 Å². The first-order valence-electron chi connectivity index (χ1n) is 8.16. The molecule has 0 saturated heterocycles. The predicted molar refractivity (Wildman–Crippen MR) is 99.5 cm³/mol. The Morgan fingerprint density at radius 3 is 2.60 bits per heavy atom. The van der Waals surface area contributed by atoms with Gasteiger partial charge in [0.15, 0.2) is 0 Å². The average molecular weight is 360 g/mol. The molecule has 0 atom stereocenters. The molecule has 0 saturated carbocycles. The molecule has 2 heterocycles. The first-order valence-corrected chi connectivity index (χ1v) is 8.54. The second-order valence-corrected chi connectivity index (χ2v) is 7.67. The molecule has 1 aromatic carbocycles. The third kappa shape index (κ3) is 3.19. The highest BCUT2D eigenvalue weighted by Gasteiger charge is 2.26. The molecule has 3 rings (SSSR count). The van der Waals surface area contributed by atoms with Crippen LogP contribution in [0.2, 0.25) is 5.02 Å². The third-order valence-electron chi connectivity index (χ3n) is 4.38. The number of aryl methyl sites for hydroxylation is 1. The van der Waals surface area contributed by atoms with Crippen LogP contribution in [0.15, 0.2) is 34.7 Å². The van der Waals surface area contributed by atoms with E-state index in [0.717, 1.165) is 16.7 Å². The molecule has 0 unspecified atom stereocenters. The number of nitrogens with zero attached hydrogens (tertiary/aromatic N) is 1. The zero-order valence-corrected chi connectivity index (χ0v) is 15.9. The van der Waals surface area contributed by atoms with Gasteiger partial charge in [0.1, 0.15) is 5.76 Å². The zero-order chi connectivity index (χ0) is 18.4. The molecular formula is C20H22ClNO3. The van der Waals surface area contributed by atoms with Crippen LogP contribution in [-0.2, 0) is 23.6 Å². The number of hydrogen-bond donors (Lipinski definition) is 0. The largest absolute Gasteiger partial charge is 0.463 e. The Bertz CT molecular complexity index is 944. The second-order valence-electron chi connectivity index (χ2n) is 7.23. The summed E-state index contributed by atoms with van der Waals surface area (Å²) in [5, 5.41) is 1.86. The first kappa shape index (κ1) is 17.6. The Labute approximate surface area is 152 Å². The maximum Gasteiger partial charge on any atom is 0.373 e. The average Bonchev–Trinajstić information content (AvgIpc) is 3.10. The summed E-state index contributed by atoms with van der Waals surface area (Å²) in [5.41, 5.74) is 3.45. The van der Waals surface area contributed by atoms with Crippen LogP contribution in [0.1, 0.15) is 48.3 Å². The number of esters is 1. The minimum absolute atomic E-state index is 0.0483. The van der Waals surface area contributed by atoms with E-state index >= 15 is 0 Å². The maximum absolute atomic E-state index is 11.6. The number of carbonyl (C=O) groups is 1. The van der Waals surface area contributed by atoms with E-state index in [9.17, 15) is 4.79 Å². The number of carbonyl (C=O) groups excluding carboxylic acids is 1. The van der Waals surface area contributed by atoms with Crippen molar-refractivity contribution >= 4 is 28.5 Å². The molecule has 132 valence electrons. The van der Waals surface area contributed by atoms with E-state index in [4.69, 9.17) is 20.8 Å². The third-order valence-corrected chi connectivity index (χ3v) is 4.61. The number of rotatable bonds is 3. The van der Waals surface area contributed by atoms with E-state index in [1.54, 1.807) is 6.07 Å². The van der Waals surface area contributed by atoms with Crippen LogP contribution in [0.5, 0.6) is 0 Å². The lowest BCUT2D eigenvalue weighted by Gasteiger charge is -2.22. The molecule has 25 heavy (non-hydrogen) atoms. The fraction of sp³-hybridized carbons (Fsp3) is 0.350. The summed E-state index contributed by atoms with van der Waals surface area (Å²) in [5.74, 6) is 0.485. The molecule has 0 aliphatic carbocycles. The molecule has 0 bridgehead atoms. The van der Waals surface area contributed by atoms with Gasteiger partial charge in [0.25, 0.3) is 0 Å². The molecule has 0 radical (unpaired) electrons. The number of fused-ring (bicyclic) bond motifs is 1. The second kappa shape index (κ2) is 6.26. The van der Waals surface area contributed by atoms with Crippen molar-refractivity contribution in [2.75, 3.05) is 7.11 Å². The highest BCUT2D eigenvalue weighted by molar-refractivity contribution is 6.31. The smallest absolute Gasteiger partial charge is 0.373 e. The molecule has 0 aliphatic rings. The number of furan rings is 1. The van der Waals surface area contributed by atoms with Crippen molar-refractivity contribution in [2.45, 2.75) is 32.6 Å². The summed E-state index contributed by atoms with van der Waals surface area (Å²) in [4.78, 5) is 11.6. The van der Waals surface area contributed by atoms with E-state index in [1.165, 1.54) is 18.4 Å². The Kier molecular flexibility index (Phi) is 4.41. The van der Waals surface area contributed by atoms with Gasteiger partial charge in [0.2, 0.25) is 5.76 Å². The Morgan fingerprint density at radius 2 is 1.96 bits per heavy atom. The van der Waals surface area contributed by atoms with Crippen LogP contribution in [0, 0.1) is 0 Å².